The van der Waals surface area contributed by atoms with Crippen molar-refractivity contribution in [3.8, 4) is 27.9 Å². The molecule has 3 nitrogen and oxygen atoms in total. The van der Waals surface area contributed by atoms with Crippen LogP contribution in [0.5, 0.6) is 0 Å². The van der Waals surface area contributed by atoms with Crippen LogP contribution in [0.1, 0.15) is 25.0 Å². The van der Waals surface area contributed by atoms with E-state index in [-0.39, 0.29) is 5.41 Å². The zero-order chi connectivity index (χ0) is 36.0. The standard InChI is InChI=1S/C51H36N2O/c1-51(2)42-18-8-10-20-46(42)52(37-27-23-34(24-28-37)33-13-4-3-5-14-33)47-30-26-36(32-43(47)51)35-25-29-45-41(31-35)38-15-6-9-19-44(38)53(45)48-21-12-17-40-39-16-7-11-22-49(39)54-50(40)48/h3-32H,1-2H3. The van der Waals surface area contributed by atoms with Crippen LogP contribution in [0.2, 0.25) is 0 Å². The van der Waals surface area contributed by atoms with E-state index in [4.69, 9.17) is 4.42 Å². The van der Waals surface area contributed by atoms with E-state index in [9.17, 15) is 0 Å². The molecular formula is C51H36N2O. The molecule has 1 aliphatic rings. The topological polar surface area (TPSA) is 21.3 Å². The first-order chi connectivity index (χ1) is 26.5. The molecule has 0 saturated carbocycles. The predicted molar refractivity (Wildman–Crippen MR) is 226 cm³/mol. The van der Waals surface area contributed by atoms with Gasteiger partial charge in [0.1, 0.15) is 5.58 Å². The van der Waals surface area contributed by atoms with Crippen LogP contribution in [0.25, 0.3) is 71.7 Å². The minimum atomic E-state index is -0.201. The zero-order valence-corrected chi connectivity index (χ0v) is 30.1. The summed E-state index contributed by atoms with van der Waals surface area (Å²) in [7, 11) is 0. The number of furan rings is 1. The van der Waals surface area contributed by atoms with Gasteiger partial charge < -0.3 is 13.9 Å². The summed E-state index contributed by atoms with van der Waals surface area (Å²) in [5.41, 5.74) is 16.0. The number of fused-ring (bicyclic) bond motifs is 8. The Bertz CT molecular complexity index is 3070. The summed E-state index contributed by atoms with van der Waals surface area (Å²) in [4.78, 5) is 2.43. The Morgan fingerprint density at radius 3 is 1.89 bits per heavy atom. The number of rotatable bonds is 4. The highest BCUT2D eigenvalue weighted by molar-refractivity contribution is 6.13. The van der Waals surface area contributed by atoms with Gasteiger partial charge in [0.2, 0.25) is 0 Å². The number of benzene rings is 8. The van der Waals surface area contributed by atoms with Crippen molar-refractivity contribution in [2.24, 2.45) is 0 Å². The summed E-state index contributed by atoms with van der Waals surface area (Å²) in [5.74, 6) is 0. The van der Waals surface area contributed by atoms with Gasteiger partial charge in [-0.25, -0.2) is 0 Å². The summed E-state index contributed by atoms with van der Waals surface area (Å²) in [6.45, 7) is 4.72. The molecule has 256 valence electrons. The third kappa shape index (κ3) is 4.48. The number of aromatic nitrogens is 1. The maximum absolute atomic E-state index is 6.54. The van der Waals surface area contributed by atoms with Gasteiger partial charge in [-0.3, -0.25) is 0 Å². The average Bonchev–Trinajstić information content (AvgIpc) is 3.77. The molecule has 0 atom stereocenters. The van der Waals surface area contributed by atoms with Crippen molar-refractivity contribution in [3.63, 3.8) is 0 Å². The van der Waals surface area contributed by atoms with Crippen molar-refractivity contribution in [1.29, 1.82) is 0 Å². The molecule has 8 aromatic carbocycles. The van der Waals surface area contributed by atoms with Crippen LogP contribution in [-0.4, -0.2) is 4.57 Å². The van der Waals surface area contributed by atoms with Crippen LogP contribution in [0.4, 0.5) is 17.1 Å². The monoisotopic (exact) mass is 692 g/mol. The Morgan fingerprint density at radius 1 is 0.407 bits per heavy atom. The number of anilines is 3. The Morgan fingerprint density at radius 2 is 1.02 bits per heavy atom. The number of hydrogen-bond acceptors (Lipinski definition) is 2. The molecule has 1 aliphatic heterocycles. The van der Waals surface area contributed by atoms with Crippen LogP contribution in [0.15, 0.2) is 186 Å². The fourth-order valence-electron chi connectivity index (χ4n) is 8.92. The molecule has 11 rings (SSSR count). The molecule has 3 heterocycles. The highest BCUT2D eigenvalue weighted by Gasteiger charge is 2.37. The van der Waals surface area contributed by atoms with Gasteiger partial charge in [0, 0.05) is 32.6 Å². The highest BCUT2D eigenvalue weighted by Crippen LogP contribution is 2.53. The second-order valence-electron chi connectivity index (χ2n) is 15.0. The Labute approximate surface area is 314 Å². The minimum Gasteiger partial charge on any atom is -0.454 e. The summed E-state index contributed by atoms with van der Waals surface area (Å²) < 4.78 is 8.91. The maximum atomic E-state index is 6.54. The predicted octanol–water partition coefficient (Wildman–Crippen LogP) is 14.1. The zero-order valence-electron chi connectivity index (χ0n) is 30.1. The SMILES string of the molecule is CC1(C)c2ccccc2N(c2ccc(-c3ccccc3)cc2)c2ccc(-c3ccc4c(c3)c3ccccc3n4-c3cccc4c3oc3ccccc34)cc21. The summed E-state index contributed by atoms with van der Waals surface area (Å²) in [6.07, 6.45) is 0. The van der Waals surface area contributed by atoms with Crippen LogP contribution in [-0.2, 0) is 5.41 Å². The molecule has 0 spiro atoms. The lowest BCUT2D eigenvalue weighted by Crippen LogP contribution is -2.30. The van der Waals surface area contributed by atoms with Gasteiger partial charge in [-0.2, -0.15) is 0 Å². The molecule has 10 aromatic rings. The molecular weight excluding hydrogens is 657 g/mol. The molecule has 0 bridgehead atoms. The van der Waals surface area contributed by atoms with Gasteiger partial charge >= 0.3 is 0 Å². The van der Waals surface area contributed by atoms with E-state index < -0.39 is 0 Å². The van der Waals surface area contributed by atoms with Crippen molar-refractivity contribution in [2.45, 2.75) is 19.3 Å². The quantitative estimate of drug-likeness (QED) is 0.183. The lowest BCUT2D eigenvalue weighted by molar-refractivity contribution is 0.632. The Balaban J connectivity index is 1.06. The molecule has 0 aliphatic carbocycles. The Kier molecular flexibility index (Phi) is 6.60. The van der Waals surface area contributed by atoms with E-state index in [2.05, 4.69) is 199 Å². The number of hydrogen-bond donors (Lipinski definition) is 0. The van der Waals surface area contributed by atoms with Gasteiger partial charge in [0.15, 0.2) is 5.58 Å². The number of nitrogens with zero attached hydrogens (tertiary/aromatic N) is 2. The van der Waals surface area contributed by atoms with Crippen molar-refractivity contribution in [1.82, 2.24) is 4.57 Å². The second-order valence-corrected chi connectivity index (χ2v) is 15.0. The van der Waals surface area contributed by atoms with Crippen molar-refractivity contribution in [3.05, 3.63) is 193 Å². The Hall–Kier alpha value is -6.84. The van der Waals surface area contributed by atoms with Gasteiger partial charge in [0.25, 0.3) is 0 Å². The molecule has 2 aromatic heterocycles. The van der Waals surface area contributed by atoms with Crippen molar-refractivity contribution >= 4 is 60.8 Å². The average molecular weight is 693 g/mol. The number of para-hydroxylation sites is 4. The lowest BCUT2D eigenvalue weighted by atomic mass is 9.73. The first-order valence-electron chi connectivity index (χ1n) is 18.7. The van der Waals surface area contributed by atoms with E-state index in [0.717, 1.165) is 44.3 Å². The van der Waals surface area contributed by atoms with Crippen LogP contribution in [0, 0.1) is 0 Å². The van der Waals surface area contributed by atoms with E-state index in [1.165, 1.54) is 55.5 Å². The highest BCUT2D eigenvalue weighted by atomic mass is 16.3. The van der Waals surface area contributed by atoms with E-state index >= 15 is 0 Å². The summed E-state index contributed by atoms with van der Waals surface area (Å²) in [5, 5.41) is 4.71. The summed E-state index contributed by atoms with van der Waals surface area (Å²) >= 11 is 0. The molecule has 0 N–H and O–H groups in total. The van der Waals surface area contributed by atoms with Crippen LogP contribution in [0.3, 0.4) is 0 Å². The fourth-order valence-corrected chi connectivity index (χ4v) is 8.92. The van der Waals surface area contributed by atoms with Crippen molar-refractivity contribution in [2.75, 3.05) is 4.90 Å². The maximum Gasteiger partial charge on any atom is 0.159 e. The van der Waals surface area contributed by atoms with Gasteiger partial charge in [-0.15, -0.1) is 0 Å². The van der Waals surface area contributed by atoms with Gasteiger partial charge in [0.05, 0.1) is 28.1 Å². The van der Waals surface area contributed by atoms with E-state index in [0.29, 0.717) is 0 Å². The van der Waals surface area contributed by atoms with Gasteiger partial charge in [-0.1, -0.05) is 135 Å². The largest absolute Gasteiger partial charge is 0.454 e. The van der Waals surface area contributed by atoms with Crippen LogP contribution < -0.4 is 4.90 Å². The first-order valence-corrected chi connectivity index (χ1v) is 18.7. The molecule has 0 unspecified atom stereocenters. The lowest BCUT2D eigenvalue weighted by Gasteiger charge is -2.42. The second kappa shape index (κ2) is 11.6. The van der Waals surface area contributed by atoms with Gasteiger partial charge in [-0.05, 0) is 94.0 Å². The minimum absolute atomic E-state index is 0.201. The molecule has 54 heavy (non-hydrogen) atoms. The molecule has 0 fully saturated rings. The smallest absolute Gasteiger partial charge is 0.159 e. The first kappa shape index (κ1) is 30.8. The third-order valence-corrected chi connectivity index (χ3v) is 11.6. The molecule has 0 saturated heterocycles. The summed E-state index contributed by atoms with van der Waals surface area (Å²) in [6, 6.07) is 65.9. The van der Waals surface area contributed by atoms with E-state index in [1.54, 1.807) is 0 Å². The van der Waals surface area contributed by atoms with Crippen molar-refractivity contribution < 1.29 is 4.42 Å². The molecule has 3 heteroatoms. The molecule has 0 radical (unpaired) electrons. The van der Waals surface area contributed by atoms with Crippen LogP contribution >= 0.6 is 0 Å². The normalized spacial score (nSPS) is 13.5. The third-order valence-electron chi connectivity index (χ3n) is 11.6. The van der Waals surface area contributed by atoms with E-state index in [1.807, 2.05) is 6.07 Å². The fraction of sp³-hybridized carbons (Fsp3) is 0.0588. The molecule has 0 amide bonds.